The van der Waals surface area contributed by atoms with Crippen LogP contribution in [0, 0.1) is 6.92 Å². The first-order valence-electron chi connectivity index (χ1n) is 9.06. The molecule has 28 heavy (non-hydrogen) atoms. The van der Waals surface area contributed by atoms with Crippen LogP contribution in [0.15, 0.2) is 36.4 Å². The van der Waals surface area contributed by atoms with E-state index in [4.69, 9.17) is 14.2 Å². The highest BCUT2D eigenvalue weighted by atomic mass is 16.5. The number of methoxy groups -OCH3 is 3. The number of aryl methyl sites for hydroxylation is 1. The zero-order chi connectivity index (χ0) is 19.7. The van der Waals surface area contributed by atoms with Gasteiger partial charge in [0.1, 0.15) is 0 Å². The Bertz CT molecular complexity index is 970. The molecule has 0 amide bonds. The van der Waals surface area contributed by atoms with Gasteiger partial charge in [0.15, 0.2) is 11.5 Å². The maximum atomic E-state index is 5.70. The van der Waals surface area contributed by atoms with E-state index in [1.54, 1.807) is 26.0 Å². The van der Waals surface area contributed by atoms with E-state index in [1.807, 2.05) is 12.1 Å². The zero-order valence-electron chi connectivity index (χ0n) is 16.3. The van der Waals surface area contributed by atoms with Crippen molar-refractivity contribution in [2.75, 3.05) is 26.6 Å². The fourth-order valence-corrected chi connectivity index (χ4v) is 3.70. The molecule has 2 atom stereocenters. The van der Waals surface area contributed by atoms with Gasteiger partial charge in [-0.05, 0) is 41.5 Å². The summed E-state index contributed by atoms with van der Waals surface area (Å²) in [6.07, 6.45) is 0.757. The zero-order valence-corrected chi connectivity index (χ0v) is 16.3. The largest absolute Gasteiger partial charge is 0.493 e. The minimum Gasteiger partial charge on any atom is -0.493 e. The minimum atomic E-state index is -0.118. The number of tetrazole rings is 1. The molecule has 1 aliphatic heterocycles. The molecule has 4 rings (SSSR count). The summed E-state index contributed by atoms with van der Waals surface area (Å²) >= 11 is 0. The average molecular weight is 381 g/mol. The Morgan fingerprint density at radius 1 is 0.964 bits per heavy atom. The van der Waals surface area contributed by atoms with Gasteiger partial charge in [-0.25, -0.2) is 4.68 Å². The van der Waals surface area contributed by atoms with Crippen molar-refractivity contribution in [1.82, 2.24) is 20.2 Å². The van der Waals surface area contributed by atoms with Crippen LogP contribution >= 0.6 is 0 Å². The van der Waals surface area contributed by atoms with E-state index in [0.717, 1.165) is 12.0 Å². The van der Waals surface area contributed by atoms with Gasteiger partial charge < -0.3 is 19.5 Å². The molecule has 0 saturated carbocycles. The highest BCUT2D eigenvalue weighted by Crippen LogP contribution is 2.46. The Hall–Kier alpha value is -3.29. The Labute approximate surface area is 163 Å². The number of aromatic nitrogens is 4. The van der Waals surface area contributed by atoms with Crippen molar-refractivity contribution in [2.24, 2.45) is 0 Å². The lowest BCUT2D eigenvalue weighted by Gasteiger charge is -2.32. The SMILES string of the molecule is COc1ccc([C@H]2C[C@H](c3ccc(C)cc3)Nc3nnnn32)c(OC)c1OC. The molecule has 1 N–H and O–H groups in total. The van der Waals surface area contributed by atoms with E-state index in [0.29, 0.717) is 23.2 Å². The lowest BCUT2D eigenvalue weighted by molar-refractivity contribution is 0.315. The summed E-state index contributed by atoms with van der Waals surface area (Å²) in [5, 5.41) is 15.6. The third kappa shape index (κ3) is 3.00. The quantitative estimate of drug-likeness (QED) is 0.727. The molecule has 0 fully saturated rings. The second kappa shape index (κ2) is 7.38. The molecule has 146 valence electrons. The summed E-state index contributed by atoms with van der Waals surface area (Å²) in [4.78, 5) is 0. The smallest absolute Gasteiger partial charge is 0.243 e. The Kier molecular flexibility index (Phi) is 4.77. The van der Waals surface area contributed by atoms with Gasteiger partial charge in [-0.1, -0.05) is 34.9 Å². The maximum absolute atomic E-state index is 5.70. The molecule has 1 aliphatic rings. The number of anilines is 1. The van der Waals surface area contributed by atoms with Gasteiger partial charge in [0.05, 0.1) is 33.4 Å². The molecule has 0 unspecified atom stereocenters. The van der Waals surface area contributed by atoms with Gasteiger partial charge in [-0.3, -0.25) is 0 Å². The van der Waals surface area contributed by atoms with E-state index in [9.17, 15) is 0 Å². The average Bonchev–Trinajstić information content (AvgIpc) is 3.21. The van der Waals surface area contributed by atoms with E-state index in [-0.39, 0.29) is 12.1 Å². The number of benzene rings is 2. The lowest BCUT2D eigenvalue weighted by Crippen LogP contribution is -2.28. The first kappa shape index (κ1) is 18.1. The fourth-order valence-electron chi connectivity index (χ4n) is 3.70. The second-order valence-electron chi connectivity index (χ2n) is 6.73. The summed E-state index contributed by atoms with van der Waals surface area (Å²) in [6.45, 7) is 2.08. The highest BCUT2D eigenvalue weighted by Gasteiger charge is 2.33. The number of hydrogen-bond donors (Lipinski definition) is 1. The van der Waals surface area contributed by atoms with Crippen LogP contribution in [0.1, 0.15) is 35.2 Å². The van der Waals surface area contributed by atoms with Gasteiger partial charge in [0, 0.05) is 5.56 Å². The first-order chi connectivity index (χ1) is 13.7. The number of nitrogens with zero attached hydrogens (tertiary/aromatic N) is 4. The predicted molar refractivity (Wildman–Crippen MR) is 104 cm³/mol. The van der Waals surface area contributed by atoms with E-state index >= 15 is 0 Å². The predicted octanol–water partition coefficient (Wildman–Crippen LogP) is 3.15. The molecular formula is C20H23N5O3. The summed E-state index contributed by atoms with van der Waals surface area (Å²) < 4.78 is 18.5. The van der Waals surface area contributed by atoms with Gasteiger partial charge in [-0.2, -0.15) is 0 Å². The highest BCUT2D eigenvalue weighted by molar-refractivity contribution is 5.57. The normalized spacial score (nSPS) is 18.1. The van der Waals surface area contributed by atoms with Crippen molar-refractivity contribution in [3.05, 3.63) is 53.1 Å². The summed E-state index contributed by atoms with van der Waals surface area (Å²) in [6, 6.07) is 12.3. The van der Waals surface area contributed by atoms with Crippen LogP contribution in [0.3, 0.4) is 0 Å². The summed E-state index contributed by atoms with van der Waals surface area (Å²) in [5.74, 6) is 2.42. The maximum Gasteiger partial charge on any atom is 0.243 e. The third-order valence-corrected chi connectivity index (χ3v) is 5.12. The number of fused-ring (bicyclic) bond motifs is 1. The fraction of sp³-hybridized carbons (Fsp3) is 0.350. The molecule has 1 aromatic heterocycles. The van der Waals surface area contributed by atoms with Crippen molar-refractivity contribution >= 4 is 5.95 Å². The second-order valence-corrected chi connectivity index (χ2v) is 6.73. The molecule has 8 nitrogen and oxygen atoms in total. The topological polar surface area (TPSA) is 83.3 Å². The van der Waals surface area contributed by atoms with Crippen LogP contribution in [-0.4, -0.2) is 41.5 Å². The molecular weight excluding hydrogens is 358 g/mol. The molecule has 0 bridgehead atoms. The molecule has 0 radical (unpaired) electrons. The molecule has 0 spiro atoms. The van der Waals surface area contributed by atoms with Gasteiger partial charge >= 0.3 is 0 Å². The van der Waals surface area contributed by atoms with Gasteiger partial charge in [0.2, 0.25) is 11.7 Å². The van der Waals surface area contributed by atoms with Crippen LogP contribution in [-0.2, 0) is 0 Å². The first-order valence-corrected chi connectivity index (χ1v) is 9.06. The van der Waals surface area contributed by atoms with Crippen molar-refractivity contribution in [2.45, 2.75) is 25.4 Å². The molecule has 8 heteroatoms. The van der Waals surface area contributed by atoms with Crippen LogP contribution in [0.2, 0.25) is 0 Å². The van der Waals surface area contributed by atoms with Crippen LogP contribution < -0.4 is 19.5 Å². The van der Waals surface area contributed by atoms with E-state index < -0.39 is 0 Å². The third-order valence-electron chi connectivity index (χ3n) is 5.12. The number of rotatable bonds is 5. The van der Waals surface area contributed by atoms with Gasteiger partial charge in [-0.15, -0.1) is 0 Å². The summed E-state index contributed by atoms with van der Waals surface area (Å²) in [7, 11) is 4.83. The lowest BCUT2D eigenvalue weighted by atomic mass is 9.92. The molecule has 0 aliphatic carbocycles. The van der Waals surface area contributed by atoms with E-state index in [2.05, 4.69) is 52.0 Å². The Morgan fingerprint density at radius 2 is 1.71 bits per heavy atom. The molecule has 0 saturated heterocycles. The van der Waals surface area contributed by atoms with Gasteiger partial charge in [0.25, 0.3) is 0 Å². The molecule has 2 aromatic carbocycles. The molecule has 3 aromatic rings. The minimum absolute atomic E-state index is 0.0712. The Morgan fingerprint density at radius 3 is 2.39 bits per heavy atom. The monoisotopic (exact) mass is 381 g/mol. The van der Waals surface area contributed by atoms with Crippen molar-refractivity contribution in [3.63, 3.8) is 0 Å². The standard InChI is InChI=1S/C20H23N5O3/c1-12-5-7-13(8-6-12)15-11-16(25-20(21-15)22-23-24-25)14-9-10-17(26-2)19(28-4)18(14)27-3/h5-10,15-16H,11H2,1-4H3,(H,21,22,24)/t15-,16-/m1/s1. The van der Waals surface area contributed by atoms with Crippen molar-refractivity contribution in [1.29, 1.82) is 0 Å². The number of ether oxygens (including phenoxy) is 3. The van der Waals surface area contributed by atoms with E-state index in [1.165, 1.54) is 11.1 Å². The summed E-state index contributed by atoms with van der Waals surface area (Å²) in [5.41, 5.74) is 3.35. The number of hydrogen-bond acceptors (Lipinski definition) is 7. The number of nitrogens with one attached hydrogen (secondary N) is 1. The van der Waals surface area contributed by atoms with Crippen LogP contribution in [0.25, 0.3) is 0 Å². The van der Waals surface area contributed by atoms with Crippen LogP contribution in [0.5, 0.6) is 17.2 Å². The van der Waals surface area contributed by atoms with Crippen LogP contribution in [0.4, 0.5) is 5.95 Å². The molecule has 2 heterocycles. The van der Waals surface area contributed by atoms with Crippen molar-refractivity contribution in [3.8, 4) is 17.2 Å². The van der Waals surface area contributed by atoms with Crippen molar-refractivity contribution < 1.29 is 14.2 Å². The Balaban J connectivity index is 1.80.